The van der Waals surface area contributed by atoms with Crippen LogP contribution in [0.2, 0.25) is 0 Å². The second-order valence-corrected chi connectivity index (χ2v) is 5.19. The quantitative estimate of drug-likeness (QED) is 0.855. The highest BCUT2D eigenvalue weighted by molar-refractivity contribution is 5.94. The van der Waals surface area contributed by atoms with Gasteiger partial charge in [0.2, 0.25) is 0 Å². The van der Waals surface area contributed by atoms with Crippen LogP contribution >= 0.6 is 0 Å². The molecule has 0 aliphatic heterocycles. The van der Waals surface area contributed by atoms with E-state index in [4.69, 9.17) is 5.73 Å². The van der Waals surface area contributed by atoms with Gasteiger partial charge < -0.3 is 11.1 Å². The Bertz CT molecular complexity index is 425. The SMILES string of the molecule is Cc1cc(C(=O)NC2(CN)CCCCC2)ccn1. The lowest BCUT2D eigenvalue weighted by atomic mass is 9.81. The Kier molecular flexibility index (Phi) is 3.97. The van der Waals surface area contributed by atoms with Gasteiger partial charge in [0.05, 0.1) is 5.54 Å². The first kappa shape index (κ1) is 13.0. The molecule has 1 aliphatic rings. The fourth-order valence-electron chi connectivity index (χ4n) is 2.61. The van der Waals surface area contributed by atoms with E-state index in [2.05, 4.69) is 10.3 Å². The first-order valence-electron chi connectivity index (χ1n) is 6.60. The van der Waals surface area contributed by atoms with Crippen LogP contribution in [0.5, 0.6) is 0 Å². The van der Waals surface area contributed by atoms with Crippen LogP contribution in [-0.4, -0.2) is 23.0 Å². The number of hydrogen-bond donors (Lipinski definition) is 2. The predicted molar refractivity (Wildman–Crippen MR) is 71.3 cm³/mol. The van der Waals surface area contributed by atoms with Crippen LogP contribution < -0.4 is 11.1 Å². The topological polar surface area (TPSA) is 68.0 Å². The predicted octanol–water partition coefficient (Wildman–Crippen LogP) is 1.78. The maximum atomic E-state index is 12.2. The van der Waals surface area contributed by atoms with Gasteiger partial charge in [0.1, 0.15) is 0 Å². The van der Waals surface area contributed by atoms with E-state index in [1.165, 1.54) is 6.42 Å². The van der Waals surface area contributed by atoms with Crippen molar-refractivity contribution in [3.8, 4) is 0 Å². The number of aryl methyl sites for hydroxylation is 1. The summed E-state index contributed by atoms with van der Waals surface area (Å²) < 4.78 is 0. The van der Waals surface area contributed by atoms with E-state index in [1.54, 1.807) is 12.3 Å². The number of amides is 1. The molecule has 2 rings (SSSR count). The van der Waals surface area contributed by atoms with E-state index in [-0.39, 0.29) is 11.4 Å². The van der Waals surface area contributed by atoms with E-state index < -0.39 is 0 Å². The summed E-state index contributed by atoms with van der Waals surface area (Å²) in [5.41, 5.74) is 7.19. The maximum Gasteiger partial charge on any atom is 0.251 e. The molecular formula is C14H21N3O. The summed E-state index contributed by atoms with van der Waals surface area (Å²) in [6.45, 7) is 2.40. The number of nitrogens with one attached hydrogen (secondary N) is 1. The summed E-state index contributed by atoms with van der Waals surface area (Å²) in [5.74, 6) is -0.0344. The van der Waals surface area contributed by atoms with Crippen LogP contribution in [0.3, 0.4) is 0 Å². The molecule has 1 amide bonds. The molecule has 18 heavy (non-hydrogen) atoms. The smallest absolute Gasteiger partial charge is 0.251 e. The molecule has 4 heteroatoms. The van der Waals surface area contributed by atoms with Crippen LogP contribution in [0, 0.1) is 6.92 Å². The summed E-state index contributed by atoms with van der Waals surface area (Å²) in [4.78, 5) is 16.3. The molecular weight excluding hydrogens is 226 g/mol. The van der Waals surface area contributed by atoms with E-state index in [0.29, 0.717) is 12.1 Å². The first-order valence-corrected chi connectivity index (χ1v) is 6.60. The highest BCUT2D eigenvalue weighted by Gasteiger charge is 2.32. The summed E-state index contributed by atoms with van der Waals surface area (Å²) in [6, 6.07) is 3.55. The highest BCUT2D eigenvalue weighted by Crippen LogP contribution is 2.27. The molecule has 0 saturated heterocycles. The largest absolute Gasteiger partial charge is 0.345 e. The van der Waals surface area contributed by atoms with Crippen LogP contribution in [0.15, 0.2) is 18.3 Å². The Balaban J connectivity index is 2.10. The Hall–Kier alpha value is -1.42. The van der Waals surface area contributed by atoms with E-state index >= 15 is 0 Å². The fraction of sp³-hybridized carbons (Fsp3) is 0.571. The number of carbonyl (C=O) groups excluding carboxylic acids is 1. The van der Waals surface area contributed by atoms with Crippen LogP contribution in [0.25, 0.3) is 0 Å². The Labute approximate surface area is 108 Å². The molecule has 1 aromatic rings. The van der Waals surface area contributed by atoms with Gasteiger partial charge in [-0.15, -0.1) is 0 Å². The normalized spacial score (nSPS) is 18.3. The molecule has 1 saturated carbocycles. The average Bonchev–Trinajstić information content (AvgIpc) is 2.40. The highest BCUT2D eigenvalue weighted by atomic mass is 16.1. The lowest BCUT2D eigenvalue weighted by Crippen LogP contribution is -2.54. The summed E-state index contributed by atoms with van der Waals surface area (Å²) in [6.07, 6.45) is 7.17. The van der Waals surface area contributed by atoms with Gasteiger partial charge in [0.25, 0.3) is 5.91 Å². The van der Waals surface area contributed by atoms with Gasteiger partial charge in [-0.2, -0.15) is 0 Å². The molecule has 1 fully saturated rings. The van der Waals surface area contributed by atoms with Gasteiger partial charge >= 0.3 is 0 Å². The third-order valence-electron chi connectivity index (χ3n) is 3.74. The average molecular weight is 247 g/mol. The Morgan fingerprint density at radius 2 is 2.17 bits per heavy atom. The molecule has 1 heterocycles. The second-order valence-electron chi connectivity index (χ2n) is 5.19. The maximum absolute atomic E-state index is 12.2. The monoisotopic (exact) mass is 247 g/mol. The number of nitrogens with two attached hydrogens (primary N) is 1. The van der Waals surface area contributed by atoms with Crippen LogP contribution in [0.1, 0.15) is 48.2 Å². The lowest BCUT2D eigenvalue weighted by molar-refractivity contribution is 0.0874. The molecule has 0 atom stereocenters. The van der Waals surface area contributed by atoms with Crippen molar-refractivity contribution >= 4 is 5.91 Å². The first-order chi connectivity index (χ1) is 8.65. The Morgan fingerprint density at radius 3 is 2.78 bits per heavy atom. The van der Waals surface area contributed by atoms with Crippen molar-refractivity contribution in [2.24, 2.45) is 5.73 Å². The minimum atomic E-state index is -0.202. The molecule has 98 valence electrons. The van der Waals surface area contributed by atoms with Crippen molar-refractivity contribution in [3.63, 3.8) is 0 Å². The van der Waals surface area contributed by atoms with Crippen LogP contribution in [-0.2, 0) is 0 Å². The van der Waals surface area contributed by atoms with Crippen molar-refractivity contribution in [3.05, 3.63) is 29.6 Å². The molecule has 3 N–H and O–H groups in total. The fourth-order valence-corrected chi connectivity index (χ4v) is 2.61. The standard InChI is InChI=1S/C14H21N3O/c1-11-9-12(5-8-16-11)13(18)17-14(10-15)6-3-2-4-7-14/h5,8-9H,2-4,6-7,10,15H2,1H3,(H,17,18). The molecule has 0 spiro atoms. The lowest BCUT2D eigenvalue weighted by Gasteiger charge is -2.37. The van der Waals surface area contributed by atoms with E-state index in [9.17, 15) is 4.79 Å². The Morgan fingerprint density at radius 1 is 1.44 bits per heavy atom. The minimum absolute atomic E-state index is 0.0344. The summed E-state index contributed by atoms with van der Waals surface area (Å²) in [5, 5.41) is 3.13. The van der Waals surface area contributed by atoms with Crippen molar-refractivity contribution < 1.29 is 4.79 Å². The summed E-state index contributed by atoms with van der Waals surface area (Å²) >= 11 is 0. The zero-order valence-electron chi connectivity index (χ0n) is 10.9. The minimum Gasteiger partial charge on any atom is -0.345 e. The van der Waals surface area contributed by atoms with Crippen molar-refractivity contribution in [2.45, 2.75) is 44.6 Å². The molecule has 0 bridgehead atoms. The molecule has 4 nitrogen and oxygen atoms in total. The number of carbonyl (C=O) groups is 1. The van der Waals surface area contributed by atoms with Gasteiger partial charge in [-0.25, -0.2) is 0 Å². The van der Waals surface area contributed by atoms with Crippen molar-refractivity contribution in [1.29, 1.82) is 0 Å². The number of hydrogen-bond acceptors (Lipinski definition) is 3. The number of rotatable bonds is 3. The molecule has 1 aliphatic carbocycles. The van der Waals surface area contributed by atoms with Crippen LogP contribution in [0.4, 0.5) is 0 Å². The molecule has 0 radical (unpaired) electrons. The van der Waals surface area contributed by atoms with Gasteiger partial charge in [0, 0.05) is 24.0 Å². The molecule has 0 unspecified atom stereocenters. The zero-order chi connectivity index (χ0) is 13.0. The van der Waals surface area contributed by atoms with Crippen molar-refractivity contribution in [2.75, 3.05) is 6.54 Å². The molecule has 1 aromatic heterocycles. The third kappa shape index (κ3) is 2.88. The molecule has 0 aromatic carbocycles. The van der Waals surface area contributed by atoms with Crippen molar-refractivity contribution in [1.82, 2.24) is 10.3 Å². The number of pyridine rings is 1. The second kappa shape index (κ2) is 5.48. The van der Waals surface area contributed by atoms with Gasteiger partial charge in [-0.3, -0.25) is 9.78 Å². The van der Waals surface area contributed by atoms with E-state index in [0.717, 1.165) is 31.4 Å². The van der Waals surface area contributed by atoms with Gasteiger partial charge in [-0.05, 0) is 31.9 Å². The van der Waals surface area contributed by atoms with Gasteiger partial charge in [-0.1, -0.05) is 19.3 Å². The zero-order valence-corrected chi connectivity index (χ0v) is 10.9. The summed E-state index contributed by atoms with van der Waals surface area (Å²) in [7, 11) is 0. The number of nitrogens with zero attached hydrogens (tertiary/aromatic N) is 1. The van der Waals surface area contributed by atoms with Gasteiger partial charge in [0.15, 0.2) is 0 Å². The number of aromatic nitrogens is 1. The van der Waals surface area contributed by atoms with E-state index in [1.807, 2.05) is 13.0 Å². The third-order valence-corrected chi connectivity index (χ3v) is 3.74.